The van der Waals surface area contributed by atoms with Gasteiger partial charge >= 0.3 is 5.63 Å². The van der Waals surface area contributed by atoms with Gasteiger partial charge < -0.3 is 4.42 Å². The molecule has 0 amide bonds. The summed E-state index contributed by atoms with van der Waals surface area (Å²) in [6, 6.07) is 10.5. The van der Waals surface area contributed by atoms with E-state index in [-0.39, 0.29) is 5.63 Å². The van der Waals surface area contributed by atoms with Gasteiger partial charge in [0.15, 0.2) is 0 Å². The Hall–Kier alpha value is -2.08. The summed E-state index contributed by atoms with van der Waals surface area (Å²) in [6.07, 6.45) is 0.370. The maximum atomic E-state index is 10.9. The van der Waals surface area contributed by atoms with E-state index >= 15 is 0 Å². The fourth-order valence-corrected chi connectivity index (χ4v) is 1.32. The first kappa shape index (κ1) is 8.52. The van der Waals surface area contributed by atoms with Gasteiger partial charge in [0.05, 0.1) is 12.5 Å². The van der Waals surface area contributed by atoms with Crippen LogP contribution in [0.1, 0.15) is 5.56 Å². The first-order valence-corrected chi connectivity index (χ1v) is 4.19. The van der Waals surface area contributed by atoms with Gasteiger partial charge in [0.2, 0.25) is 0 Å². The van der Waals surface area contributed by atoms with Crippen LogP contribution in [-0.2, 0) is 6.42 Å². The molecule has 0 radical (unpaired) electrons. The summed E-state index contributed by atoms with van der Waals surface area (Å²) in [5.41, 5.74) is 1.12. The van der Waals surface area contributed by atoms with Crippen LogP contribution in [0.4, 0.5) is 0 Å². The SMILES string of the molecule is N#CCc1ccc2oc(=O)ccc2c1. The Morgan fingerprint density at radius 1 is 1.29 bits per heavy atom. The molecular formula is C11H7NO2. The second-order valence-electron chi connectivity index (χ2n) is 2.96. The minimum Gasteiger partial charge on any atom is -0.423 e. The van der Waals surface area contributed by atoms with Gasteiger partial charge in [0.1, 0.15) is 5.58 Å². The molecule has 0 saturated heterocycles. The maximum Gasteiger partial charge on any atom is 0.336 e. The van der Waals surface area contributed by atoms with Crippen molar-refractivity contribution in [3.63, 3.8) is 0 Å². The highest BCUT2D eigenvalue weighted by Gasteiger charge is 1.98. The van der Waals surface area contributed by atoms with Crippen LogP contribution < -0.4 is 5.63 Å². The van der Waals surface area contributed by atoms with Crippen molar-refractivity contribution in [3.8, 4) is 6.07 Å². The van der Waals surface area contributed by atoms with E-state index in [1.807, 2.05) is 6.07 Å². The second-order valence-corrected chi connectivity index (χ2v) is 2.96. The third kappa shape index (κ3) is 1.50. The Balaban J connectivity index is 2.63. The van der Waals surface area contributed by atoms with E-state index in [4.69, 9.17) is 9.68 Å². The van der Waals surface area contributed by atoms with Gasteiger partial charge in [0.25, 0.3) is 0 Å². The molecule has 2 aromatic rings. The lowest BCUT2D eigenvalue weighted by Gasteiger charge is -1.97. The van der Waals surface area contributed by atoms with E-state index in [9.17, 15) is 4.79 Å². The van der Waals surface area contributed by atoms with E-state index in [2.05, 4.69) is 6.07 Å². The van der Waals surface area contributed by atoms with Crippen molar-refractivity contribution in [2.75, 3.05) is 0 Å². The first-order valence-electron chi connectivity index (χ1n) is 4.19. The fraction of sp³-hybridized carbons (Fsp3) is 0.0909. The quantitative estimate of drug-likeness (QED) is 0.637. The van der Waals surface area contributed by atoms with Crippen LogP contribution in [0.3, 0.4) is 0 Å². The molecule has 68 valence electrons. The van der Waals surface area contributed by atoms with Gasteiger partial charge in [-0.25, -0.2) is 4.79 Å². The highest BCUT2D eigenvalue weighted by atomic mass is 16.4. The third-order valence-electron chi connectivity index (χ3n) is 1.97. The molecule has 1 aromatic carbocycles. The largest absolute Gasteiger partial charge is 0.423 e. The molecule has 2 rings (SSSR count). The summed E-state index contributed by atoms with van der Waals surface area (Å²) in [4.78, 5) is 10.9. The zero-order valence-corrected chi connectivity index (χ0v) is 7.36. The molecule has 0 N–H and O–H groups in total. The van der Waals surface area contributed by atoms with Gasteiger partial charge in [0, 0.05) is 11.5 Å². The molecule has 0 aliphatic rings. The highest BCUT2D eigenvalue weighted by Crippen LogP contribution is 2.13. The number of nitrogens with zero attached hydrogens (tertiary/aromatic N) is 1. The van der Waals surface area contributed by atoms with Crippen LogP contribution in [0.2, 0.25) is 0 Å². The molecule has 1 heterocycles. The van der Waals surface area contributed by atoms with Crippen molar-refractivity contribution in [1.82, 2.24) is 0 Å². The van der Waals surface area contributed by atoms with Crippen molar-refractivity contribution in [1.29, 1.82) is 5.26 Å². The second kappa shape index (κ2) is 3.35. The van der Waals surface area contributed by atoms with Crippen LogP contribution in [0.25, 0.3) is 11.0 Å². The number of fused-ring (bicyclic) bond motifs is 1. The van der Waals surface area contributed by atoms with Gasteiger partial charge in [-0.15, -0.1) is 0 Å². The van der Waals surface area contributed by atoms with Gasteiger partial charge in [-0.1, -0.05) is 6.07 Å². The number of nitriles is 1. The average Bonchev–Trinajstić information content (AvgIpc) is 2.19. The molecule has 3 heteroatoms. The molecule has 0 fully saturated rings. The predicted molar refractivity (Wildman–Crippen MR) is 51.8 cm³/mol. The standard InChI is InChI=1S/C11H7NO2/c12-6-5-8-1-3-10-9(7-8)2-4-11(13)14-10/h1-4,7H,5H2. The van der Waals surface area contributed by atoms with Crippen molar-refractivity contribution in [2.24, 2.45) is 0 Å². The number of rotatable bonds is 1. The molecule has 0 aliphatic heterocycles. The predicted octanol–water partition coefficient (Wildman–Crippen LogP) is 1.86. The Morgan fingerprint density at radius 3 is 2.93 bits per heavy atom. The lowest BCUT2D eigenvalue weighted by Crippen LogP contribution is -1.94. The van der Waals surface area contributed by atoms with E-state index in [0.29, 0.717) is 12.0 Å². The van der Waals surface area contributed by atoms with Crippen LogP contribution in [0, 0.1) is 11.3 Å². The topological polar surface area (TPSA) is 54.0 Å². The number of benzene rings is 1. The zero-order chi connectivity index (χ0) is 9.97. The molecule has 0 unspecified atom stereocenters. The lowest BCUT2D eigenvalue weighted by molar-refractivity contribution is 0.561. The molecule has 0 bridgehead atoms. The zero-order valence-electron chi connectivity index (χ0n) is 7.36. The van der Waals surface area contributed by atoms with Crippen LogP contribution in [0.15, 0.2) is 39.5 Å². The van der Waals surface area contributed by atoms with Crippen LogP contribution in [-0.4, -0.2) is 0 Å². The molecule has 0 atom stereocenters. The highest BCUT2D eigenvalue weighted by molar-refractivity contribution is 5.77. The summed E-state index contributed by atoms with van der Waals surface area (Å²) < 4.78 is 4.96. The Morgan fingerprint density at radius 2 is 2.14 bits per heavy atom. The van der Waals surface area contributed by atoms with Crippen LogP contribution in [0.5, 0.6) is 0 Å². The summed E-state index contributed by atoms with van der Waals surface area (Å²) in [7, 11) is 0. The van der Waals surface area contributed by atoms with Crippen molar-refractivity contribution in [3.05, 3.63) is 46.3 Å². The van der Waals surface area contributed by atoms with Crippen molar-refractivity contribution >= 4 is 11.0 Å². The molecule has 14 heavy (non-hydrogen) atoms. The molecule has 0 spiro atoms. The summed E-state index contributed by atoms with van der Waals surface area (Å²) >= 11 is 0. The number of hydrogen-bond acceptors (Lipinski definition) is 3. The van der Waals surface area contributed by atoms with Crippen molar-refractivity contribution < 1.29 is 4.42 Å². The Bertz CT molecular complexity index is 563. The van der Waals surface area contributed by atoms with Gasteiger partial charge in [-0.2, -0.15) is 5.26 Å². The summed E-state index contributed by atoms with van der Waals surface area (Å²) in [5.74, 6) is 0. The minimum absolute atomic E-state index is 0.356. The minimum atomic E-state index is -0.356. The normalized spacial score (nSPS) is 9.93. The first-order chi connectivity index (χ1) is 6.79. The number of hydrogen-bond donors (Lipinski definition) is 0. The molecule has 0 aliphatic carbocycles. The fourth-order valence-electron chi connectivity index (χ4n) is 1.32. The van der Waals surface area contributed by atoms with Crippen molar-refractivity contribution in [2.45, 2.75) is 6.42 Å². The Labute approximate surface area is 80.2 Å². The van der Waals surface area contributed by atoms with E-state index in [0.717, 1.165) is 10.9 Å². The average molecular weight is 185 g/mol. The maximum absolute atomic E-state index is 10.9. The van der Waals surface area contributed by atoms with E-state index in [1.165, 1.54) is 6.07 Å². The molecular weight excluding hydrogens is 178 g/mol. The monoisotopic (exact) mass is 185 g/mol. The van der Waals surface area contributed by atoms with E-state index < -0.39 is 0 Å². The molecule has 0 saturated carbocycles. The smallest absolute Gasteiger partial charge is 0.336 e. The van der Waals surface area contributed by atoms with E-state index in [1.54, 1.807) is 18.2 Å². The lowest BCUT2D eigenvalue weighted by atomic mass is 10.1. The summed E-state index contributed by atoms with van der Waals surface area (Å²) in [5, 5.41) is 9.36. The molecule has 1 aromatic heterocycles. The Kier molecular flexibility index (Phi) is 2.04. The van der Waals surface area contributed by atoms with Gasteiger partial charge in [-0.05, 0) is 23.8 Å². The molecule has 3 nitrogen and oxygen atoms in total. The summed E-state index contributed by atoms with van der Waals surface area (Å²) in [6.45, 7) is 0. The third-order valence-corrected chi connectivity index (χ3v) is 1.97. The van der Waals surface area contributed by atoms with Crippen LogP contribution >= 0.6 is 0 Å². The van der Waals surface area contributed by atoms with Gasteiger partial charge in [-0.3, -0.25) is 0 Å².